The lowest BCUT2D eigenvalue weighted by Gasteiger charge is -2.23. The Balaban J connectivity index is 2.10. The predicted octanol–water partition coefficient (Wildman–Crippen LogP) is 4.27. The largest absolute Gasteiger partial charge is 0.444 e. The van der Waals surface area contributed by atoms with Gasteiger partial charge in [-0.1, -0.05) is 30.7 Å². The van der Waals surface area contributed by atoms with E-state index in [-0.39, 0.29) is 5.54 Å². The zero-order valence-electron chi connectivity index (χ0n) is 11.5. The highest BCUT2D eigenvalue weighted by atomic mass is 35.5. The van der Waals surface area contributed by atoms with E-state index in [0.29, 0.717) is 17.5 Å². The first-order valence-corrected chi connectivity index (χ1v) is 6.84. The fourth-order valence-electron chi connectivity index (χ4n) is 1.60. The Hall–Kier alpha value is -1.32. The molecule has 1 N–H and O–H groups in total. The maximum Gasteiger partial charge on any atom is 0.227 e. The number of aromatic nitrogens is 1. The molecule has 0 aliphatic heterocycles. The fraction of sp³-hybridized carbons (Fsp3) is 0.400. The lowest BCUT2D eigenvalue weighted by Crippen LogP contribution is -2.37. The van der Waals surface area contributed by atoms with Crippen LogP contribution in [0.25, 0.3) is 11.5 Å². The van der Waals surface area contributed by atoms with Gasteiger partial charge >= 0.3 is 0 Å². The third-order valence-electron chi connectivity index (χ3n) is 3.29. The van der Waals surface area contributed by atoms with Gasteiger partial charge in [0.1, 0.15) is 6.26 Å². The SMILES string of the molecule is CCC(C)(C)NCc1coc(-c2ccccc2Cl)n1. The molecule has 1 heterocycles. The molecule has 0 saturated carbocycles. The molecule has 0 radical (unpaired) electrons. The number of oxazole rings is 1. The van der Waals surface area contributed by atoms with Crippen LogP contribution in [-0.4, -0.2) is 10.5 Å². The highest BCUT2D eigenvalue weighted by Crippen LogP contribution is 2.26. The standard InChI is InChI=1S/C15H19ClN2O/c1-4-15(2,3)17-9-11-10-19-14(18-11)12-7-5-6-8-13(12)16/h5-8,10,17H,4,9H2,1-3H3. The van der Waals surface area contributed by atoms with E-state index < -0.39 is 0 Å². The molecule has 0 aliphatic rings. The zero-order chi connectivity index (χ0) is 13.9. The van der Waals surface area contributed by atoms with Gasteiger partial charge in [0, 0.05) is 12.1 Å². The van der Waals surface area contributed by atoms with E-state index in [1.807, 2.05) is 24.3 Å². The number of hydrogen-bond donors (Lipinski definition) is 1. The predicted molar refractivity (Wildman–Crippen MR) is 78.2 cm³/mol. The topological polar surface area (TPSA) is 38.1 Å². The first kappa shape index (κ1) is 14.1. The van der Waals surface area contributed by atoms with Crippen LogP contribution in [0.1, 0.15) is 32.9 Å². The molecule has 2 aromatic rings. The summed E-state index contributed by atoms with van der Waals surface area (Å²) in [6.45, 7) is 7.18. The number of nitrogens with zero attached hydrogens (tertiary/aromatic N) is 1. The highest BCUT2D eigenvalue weighted by Gasteiger charge is 2.15. The van der Waals surface area contributed by atoms with E-state index in [1.165, 1.54) is 0 Å². The Bertz CT molecular complexity index is 549. The van der Waals surface area contributed by atoms with Crippen molar-refractivity contribution >= 4 is 11.6 Å². The Labute approximate surface area is 119 Å². The summed E-state index contributed by atoms with van der Waals surface area (Å²) in [5.41, 5.74) is 1.81. The fourth-order valence-corrected chi connectivity index (χ4v) is 1.82. The van der Waals surface area contributed by atoms with Crippen molar-refractivity contribution < 1.29 is 4.42 Å². The number of halogens is 1. The molecule has 0 bridgehead atoms. The molecule has 19 heavy (non-hydrogen) atoms. The van der Waals surface area contributed by atoms with Crippen molar-refractivity contribution in [2.24, 2.45) is 0 Å². The monoisotopic (exact) mass is 278 g/mol. The summed E-state index contributed by atoms with van der Waals surface area (Å²) in [4.78, 5) is 4.47. The molecule has 0 atom stereocenters. The summed E-state index contributed by atoms with van der Waals surface area (Å²) in [6.07, 6.45) is 2.74. The van der Waals surface area contributed by atoms with Crippen molar-refractivity contribution in [1.82, 2.24) is 10.3 Å². The van der Waals surface area contributed by atoms with Crippen molar-refractivity contribution in [3.63, 3.8) is 0 Å². The lowest BCUT2D eigenvalue weighted by atomic mass is 10.0. The maximum atomic E-state index is 6.12. The molecule has 102 valence electrons. The molecule has 0 saturated heterocycles. The molecule has 0 aliphatic carbocycles. The van der Waals surface area contributed by atoms with E-state index in [1.54, 1.807) is 6.26 Å². The van der Waals surface area contributed by atoms with Gasteiger partial charge in [0.15, 0.2) is 0 Å². The molecule has 1 aromatic heterocycles. The van der Waals surface area contributed by atoms with Crippen molar-refractivity contribution in [2.75, 3.05) is 0 Å². The third kappa shape index (κ3) is 3.58. The molecule has 3 nitrogen and oxygen atoms in total. The average molecular weight is 279 g/mol. The van der Waals surface area contributed by atoms with Gasteiger partial charge in [0.05, 0.1) is 16.3 Å². The van der Waals surface area contributed by atoms with E-state index >= 15 is 0 Å². The number of benzene rings is 1. The van der Waals surface area contributed by atoms with Crippen LogP contribution < -0.4 is 5.32 Å². The van der Waals surface area contributed by atoms with Gasteiger partial charge in [-0.2, -0.15) is 0 Å². The molecule has 2 rings (SSSR count). The quantitative estimate of drug-likeness (QED) is 0.887. The third-order valence-corrected chi connectivity index (χ3v) is 3.62. The van der Waals surface area contributed by atoms with Crippen LogP contribution in [0.15, 0.2) is 34.9 Å². The van der Waals surface area contributed by atoms with Crippen LogP contribution in [0.4, 0.5) is 0 Å². The minimum absolute atomic E-state index is 0.101. The molecule has 0 fully saturated rings. The first-order valence-electron chi connectivity index (χ1n) is 6.46. The van der Waals surface area contributed by atoms with Crippen molar-refractivity contribution in [2.45, 2.75) is 39.3 Å². The van der Waals surface area contributed by atoms with Gasteiger partial charge in [-0.05, 0) is 32.4 Å². The average Bonchev–Trinajstić information content (AvgIpc) is 2.86. The molecule has 4 heteroatoms. The highest BCUT2D eigenvalue weighted by molar-refractivity contribution is 6.33. The summed E-state index contributed by atoms with van der Waals surface area (Å²) in [5.74, 6) is 0.566. The van der Waals surface area contributed by atoms with Gasteiger partial charge in [-0.25, -0.2) is 4.98 Å². The summed E-state index contributed by atoms with van der Waals surface area (Å²) in [6, 6.07) is 7.55. The number of nitrogens with one attached hydrogen (secondary N) is 1. The van der Waals surface area contributed by atoms with Crippen LogP contribution >= 0.6 is 11.6 Å². The zero-order valence-corrected chi connectivity index (χ0v) is 12.3. The van der Waals surface area contributed by atoms with Gasteiger partial charge in [-0.15, -0.1) is 0 Å². The Morgan fingerprint density at radius 3 is 2.74 bits per heavy atom. The second kappa shape index (κ2) is 5.76. The van der Waals surface area contributed by atoms with E-state index in [0.717, 1.165) is 17.7 Å². The Kier molecular flexibility index (Phi) is 4.27. The first-order chi connectivity index (χ1) is 9.02. The van der Waals surface area contributed by atoms with Crippen molar-refractivity contribution in [3.05, 3.63) is 41.2 Å². The molecule has 0 spiro atoms. The smallest absolute Gasteiger partial charge is 0.227 e. The van der Waals surface area contributed by atoms with E-state index in [4.69, 9.17) is 16.0 Å². The van der Waals surface area contributed by atoms with Gasteiger partial charge in [0.2, 0.25) is 5.89 Å². The van der Waals surface area contributed by atoms with Crippen molar-refractivity contribution in [1.29, 1.82) is 0 Å². The number of hydrogen-bond acceptors (Lipinski definition) is 3. The maximum absolute atomic E-state index is 6.12. The lowest BCUT2D eigenvalue weighted by molar-refractivity contribution is 0.372. The molecule has 0 unspecified atom stereocenters. The van der Waals surface area contributed by atoms with E-state index in [2.05, 4.69) is 31.1 Å². The van der Waals surface area contributed by atoms with Gasteiger partial charge in [0.25, 0.3) is 0 Å². The summed E-state index contributed by atoms with van der Waals surface area (Å²) >= 11 is 6.12. The van der Waals surface area contributed by atoms with Crippen molar-refractivity contribution in [3.8, 4) is 11.5 Å². The van der Waals surface area contributed by atoms with Crippen LogP contribution in [-0.2, 0) is 6.54 Å². The van der Waals surface area contributed by atoms with Crippen LogP contribution in [0.2, 0.25) is 5.02 Å². The molecular weight excluding hydrogens is 260 g/mol. The Morgan fingerprint density at radius 2 is 2.05 bits per heavy atom. The van der Waals surface area contributed by atoms with Crippen LogP contribution in [0, 0.1) is 0 Å². The van der Waals surface area contributed by atoms with Gasteiger partial charge < -0.3 is 9.73 Å². The van der Waals surface area contributed by atoms with Crippen LogP contribution in [0.5, 0.6) is 0 Å². The Morgan fingerprint density at radius 1 is 1.32 bits per heavy atom. The minimum Gasteiger partial charge on any atom is -0.444 e. The van der Waals surface area contributed by atoms with E-state index in [9.17, 15) is 0 Å². The molecule has 1 aromatic carbocycles. The van der Waals surface area contributed by atoms with Gasteiger partial charge in [-0.3, -0.25) is 0 Å². The summed E-state index contributed by atoms with van der Waals surface area (Å²) < 4.78 is 5.49. The molecule has 0 amide bonds. The minimum atomic E-state index is 0.101. The summed E-state index contributed by atoms with van der Waals surface area (Å²) in [7, 11) is 0. The normalized spacial score (nSPS) is 11.8. The molecular formula is C15H19ClN2O. The van der Waals surface area contributed by atoms with Crippen LogP contribution in [0.3, 0.4) is 0 Å². The second-order valence-corrected chi connectivity index (χ2v) is 5.62. The second-order valence-electron chi connectivity index (χ2n) is 5.21. The summed E-state index contributed by atoms with van der Waals surface area (Å²) in [5, 5.41) is 4.10. The number of rotatable bonds is 5.